The average molecular weight is 584 g/mol. The van der Waals surface area contributed by atoms with Gasteiger partial charge in [0.2, 0.25) is 11.8 Å². The molecule has 3 amide bonds. The van der Waals surface area contributed by atoms with Crippen LogP contribution in [0.5, 0.6) is 0 Å². The highest BCUT2D eigenvalue weighted by Crippen LogP contribution is 2.30. The Kier molecular flexibility index (Phi) is 13.3. The molecule has 42 heavy (non-hydrogen) atoms. The van der Waals surface area contributed by atoms with E-state index in [-0.39, 0.29) is 12.8 Å². The molecular formula is C32H49N5O5. The molecule has 0 spiro atoms. The van der Waals surface area contributed by atoms with Gasteiger partial charge < -0.3 is 31.1 Å². The molecule has 6 N–H and O–H groups in total. The Bertz CT molecular complexity index is 1090. The van der Waals surface area contributed by atoms with Crippen molar-refractivity contribution in [2.24, 2.45) is 17.8 Å². The number of benzene rings is 1. The molecule has 1 aliphatic rings. The largest absolute Gasteiger partial charge is 0.465 e. The number of rotatable bonds is 16. The number of nitrogens with one attached hydrogen (secondary N) is 4. The van der Waals surface area contributed by atoms with Crippen molar-refractivity contribution in [2.45, 2.75) is 109 Å². The molecule has 5 atom stereocenters. The Morgan fingerprint density at radius 3 is 2.24 bits per heavy atom. The van der Waals surface area contributed by atoms with Gasteiger partial charge in [0, 0.05) is 24.7 Å². The van der Waals surface area contributed by atoms with Gasteiger partial charge in [-0.2, -0.15) is 0 Å². The minimum Gasteiger partial charge on any atom is -0.465 e. The standard InChI is InChI=1S/C32H49N5O5/c1-4-24(21(2)3)17-29(38)26(15-22-11-7-5-8-12-22)35-31(40)28(18-25-19-33-20-34-25)36-30(39)27(37-32(41)42)16-23-13-9-6-10-14-23/h6,9-10,13-14,19-22,24,26-29,37-38H,4-5,7-8,11-12,15-18H2,1-3H3,(H,33,34)(H,35,40)(H,36,39)(H,41,42)/t24-,26-,27-,28-,29-/m0/s1. The van der Waals surface area contributed by atoms with Crippen LogP contribution in [0.4, 0.5) is 4.79 Å². The number of hydrogen-bond acceptors (Lipinski definition) is 5. The zero-order chi connectivity index (χ0) is 30.5. The molecule has 10 nitrogen and oxygen atoms in total. The molecule has 1 heterocycles. The number of aromatic nitrogens is 2. The average Bonchev–Trinajstić information content (AvgIpc) is 3.48. The lowest BCUT2D eigenvalue weighted by atomic mass is 9.80. The number of carbonyl (C=O) groups excluding carboxylic acids is 2. The lowest BCUT2D eigenvalue weighted by molar-refractivity contribution is -0.131. The first-order chi connectivity index (χ1) is 20.2. The van der Waals surface area contributed by atoms with Crippen LogP contribution in [0.3, 0.4) is 0 Å². The summed E-state index contributed by atoms with van der Waals surface area (Å²) in [7, 11) is 0. The van der Waals surface area contributed by atoms with E-state index >= 15 is 0 Å². The molecule has 3 rings (SSSR count). The van der Waals surface area contributed by atoms with Gasteiger partial charge >= 0.3 is 6.09 Å². The van der Waals surface area contributed by atoms with Gasteiger partial charge in [-0.3, -0.25) is 9.59 Å². The van der Waals surface area contributed by atoms with Crippen molar-refractivity contribution < 1.29 is 24.6 Å². The highest BCUT2D eigenvalue weighted by Gasteiger charge is 2.33. The summed E-state index contributed by atoms with van der Waals surface area (Å²) in [5.41, 5.74) is 1.43. The van der Waals surface area contributed by atoms with Crippen molar-refractivity contribution in [3.63, 3.8) is 0 Å². The Hall–Kier alpha value is -3.40. The second-order valence-electron chi connectivity index (χ2n) is 12.1. The normalized spacial score (nSPS) is 17.5. The summed E-state index contributed by atoms with van der Waals surface area (Å²) >= 11 is 0. The van der Waals surface area contributed by atoms with Crippen molar-refractivity contribution >= 4 is 17.9 Å². The molecule has 0 unspecified atom stereocenters. The molecule has 0 radical (unpaired) electrons. The molecule has 0 bridgehead atoms. The third-order valence-corrected chi connectivity index (χ3v) is 8.62. The maximum atomic E-state index is 13.8. The second kappa shape index (κ2) is 16.9. The van der Waals surface area contributed by atoms with E-state index < -0.39 is 42.1 Å². The summed E-state index contributed by atoms with van der Waals surface area (Å²) < 4.78 is 0. The Morgan fingerprint density at radius 1 is 0.976 bits per heavy atom. The number of H-pyrrole nitrogens is 1. The monoisotopic (exact) mass is 583 g/mol. The Morgan fingerprint density at radius 2 is 1.64 bits per heavy atom. The van der Waals surface area contributed by atoms with Crippen LogP contribution in [-0.4, -0.2) is 62.3 Å². The van der Waals surface area contributed by atoms with Gasteiger partial charge in [-0.15, -0.1) is 0 Å². The number of hydrogen-bond donors (Lipinski definition) is 6. The van der Waals surface area contributed by atoms with Crippen LogP contribution in [0.15, 0.2) is 42.9 Å². The summed E-state index contributed by atoms with van der Waals surface area (Å²) in [6.45, 7) is 6.43. The van der Waals surface area contributed by atoms with E-state index in [0.717, 1.165) is 37.7 Å². The lowest BCUT2D eigenvalue weighted by Crippen LogP contribution is -2.57. The second-order valence-corrected chi connectivity index (χ2v) is 12.1. The first-order valence-corrected chi connectivity index (χ1v) is 15.5. The minimum atomic E-state index is -1.33. The summed E-state index contributed by atoms with van der Waals surface area (Å²) in [5, 5.41) is 29.0. The van der Waals surface area contributed by atoms with Crippen LogP contribution in [0.25, 0.3) is 0 Å². The highest BCUT2D eigenvalue weighted by atomic mass is 16.4. The molecule has 1 aromatic heterocycles. The van der Waals surface area contributed by atoms with E-state index in [1.807, 2.05) is 30.3 Å². The fourth-order valence-corrected chi connectivity index (χ4v) is 6.07. The molecule has 1 fully saturated rings. The first-order valence-electron chi connectivity index (χ1n) is 15.5. The summed E-state index contributed by atoms with van der Waals surface area (Å²) in [4.78, 5) is 45.8. The predicted molar refractivity (Wildman–Crippen MR) is 162 cm³/mol. The van der Waals surface area contributed by atoms with Crippen molar-refractivity contribution in [3.05, 3.63) is 54.1 Å². The van der Waals surface area contributed by atoms with E-state index in [1.165, 1.54) is 12.7 Å². The van der Waals surface area contributed by atoms with Crippen molar-refractivity contribution in [1.29, 1.82) is 0 Å². The van der Waals surface area contributed by atoms with Gasteiger partial charge in [0.05, 0.1) is 18.5 Å². The third kappa shape index (κ3) is 10.8. The highest BCUT2D eigenvalue weighted by molar-refractivity contribution is 5.91. The smallest absolute Gasteiger partial charge is 0.405 e. The number of carboxylic acid groups (broad SMARTS) is 1. The van der Waals surface area contributed by atoms with E-state index in [0.29, 0.717) is 36.3 Å². The third-order valence-electron chi connectivity index (χ3n) is 8.62. The Balaban J connectivity index is 1.80. The van der Waals surface area contributed by atoms with E-state index in [9.17, 15) is 24.6 Å². The maximum absolute atomic E-state index is 13.8. The predicted octanol–water partition coefficient (Wildman–Crippen LogP) is 4.20. The minimum absolute atomic E-state index is 0.133. The first kappa shape index (κ1) is 33.1. The van der Waals surface area contributed by atoms with Crippen LogP contribution in [0.1, 0.15) is 83.4 Å². The van der Waals surface area contributed by atoms with E-state index in [4.69, 9.17) is 0 Å². The van der Waals surface area contributed by atoms with E-state index in [1.54, 1.807) is 6.20 Å². The number of aromatic amines is 1. The Labute approximate surface area is 249 Å². The van der Waals surface area contributed by atoms with Crippen LogP contribution >= 0.6 is 0 Å². The number of imidazole rings is 1. The maximum Gasteiger partial charge on any atom is 0.405 e. The molecule has 0 aliphatic heterocycles. The van der Waals surface area contributed by atoms with Gasteiger partial charge in [-0.05, 0) is 36.2 Å². The number of aliphatic hydroxyl groups is 1. The quantitative estimate of drug-likeness (QED) is 0.174. The van der Waals surface area contributed by atoms with Gasteiger partial charge in [-0.1, -0.05) is 89.6 Å². The zero-order valence-corrected chi connectivity index (χ0v) is 25.2. The summed E-state index contributed by atoms with van der Waals surface area (Å²) in [6.07, 6.45) is 9.22. The number of aliphatic hydroxyl groups excluding tert-OH is 1. The molecule has 10 heteroatoms. The molecule has 232 valence electrons. The number of carbonyl (C=O) groups is 3. The SMILES string of the molecule is CC[C@@H](C[C@H](O)[C@H](CC1CCCCC1)NC(=O)[C@H](Cc1cnc[nH]1)NC(=O)[C@H](Cc1ccccc1)NC(=O)O)C(C)C. The van der Waals surface area contributed by atoms with Gasteiger partial charge in [0.25, 0.3) is 0 Å². The van der Waals surface area contributed by atoms with Gasteiger partial charge in [0.1, 0.15) is 12.1 Å². The molecule has 1 aliphatic carbocycles. The van der Waals surface area contributed by atoms with Gasteiger partial charge in [0.15, 0.2) is 0 Å². The topological polar surface area (TPSA) is 156 Å². The van der Waals surface area contributed by atoms with E-state index in [2.05, 4.69) is 46.7 Å². The van der Waals surface area contributed by atoms with Crippen LogP contribution in [-0.2, 0) is 22.4 Å². The lowest BCUT2D eigenvalue weighted by Gasteiger charge is -2.33. The molecule has 2 aromatic rings. The van der Waals surface area contributed by atoms with Crippen LogP contribution in [0.2, 0.25) is 0 Å². The van der Waals surface area contributed by atoms with Crippen molar-refractivity contribution in [2.75, 3.05) is 0 Å². The molecule has 0 saturated heterocycles. The fourth-order valence-electron chi connectivity index (χ4n) is 6.07. The van der Waals surface area contributed by atoms with Gasteiger partial charge in [-0.25, -0.2) is 9.78 Å². The number of amides is 3. The zero-order valence-electron chi connectivity index (χ0n) is 25.2. The molecule has 1 saturated carbocycles. The summed E-state index contributed by atoms with van der Waals surface area (Å²) in [6, 6.07) is 6.57. The fraction of sp³-hybridized carbons (Fsp3) is 0.625. The number of nitrogens with zero attached hydrogens (tertiary/aromatic N) is 1. The van der Waals surface area contributed by atoms with Crippen molar-refractivity contribution in [3.8, 4) is 0 Å². The summed E-state index contributed by atoms with van der Waals surface area (Å²) in [5.74, 6) is 0.146. The van der Waals surface area contributed by atoms with Crippen molar-refractivity contribution in [1.82, 2.24) is 25.9 Å². The van der Waals surface area contributed by atoms with Crippen LogP contribution < -0.4 is 16.0 Å². The molecular weight excluding hydrogens is 534 g/mol. The van der Waals surface area contributed by atoms with Crippen LogP contribution in [0, 0.1) is 17.8 Å². The molecule has 1 aromatic carbocycles.